The van der Waals surface area contributed by atoms with Crippen molar-refractivity contribution in [2.75, 3.05) is 25.0 Å². The molecule has 1 aliphatic rings. The number of anilines is 1. The molecule has 0 saturated carbocycles. The van der Waals surface area contributed by atoms with E-state index >= 15 is 0 Å². The maximum Gasteiger partial charge on any atom is 0.257 e. The number of fused-ring (bicyclic) bond motifs is 1. The summed E-state index contributed by atoms with van der Waals surface area (Å²) in [7, 11) is 0. The van der Waals surface area contributed by atoms with E-state index in [0.717, 1.165) is 23.1 Å². The van der Waals surface area contributed by atoms with E-state index in [-0.39, 0.29) is 11.8 Å². The highest BCUT2D eigenvalue weighted by Gasteiger charge is 2.16. The van der Waals surface area contributed by atoms with Crippen molar-refractivity contribution in [2.24, 2.45) is 0 Å². The molecule has 2 amide bonds. The van der Waals surface area contributed by atoms with Crippen LogP contribution in [0.15, 0.2) is 48.5 Å². The number of nitrogens with zero attached hydrogens (tertiary/aromatic N) is 2. The summed E-state index contributed by atoms with van der Waals surface area (Å²) in [5.41, 5.74) is 3.32. The van der Waals surface area contributed by atoms with E-state index in [4.69, 9.17) is 0 Å². The second-order valence-electron chi connectivity index (χ2n) is 6.31. The molecule has 1 fully saturated rings. The number of aromatic amines is 1. The fourth-order valence-electron chi connectivity index (χ4n) is 3.04. The van der Waals surface area contributed by atoms with Crippen LogP contribution < -0.4 is 10.6 Å². The third-order valence-electron chi connectivity index (χ3n) is 4.36. The molecule has 0 aliphatic carbocycles. The average Bonchev–Trinajstić information content (AvgIpc) is 3.04. The zero-order valence-electron chi connectivity index (χ0n) is 14.2. The summed E-state index contributed by atoms with van der Waals surface area (Å²) in [6.45, 7) is 2.62. The fraction of sp³-hybridized carbons (Fsp3) is 0.211. The van der Waals surface area contributed by atoms with Crippen LogP contribution in [0.5, 0.6) is 0 Å². The standard InChI is InChI=1S/C19H19N5O2/c25-17-12-24(10-9-20-17)11-13-5-7-14(8-6-13)18(26)23-19-21-15-3-1-2-4-16(15)22-19/h1-8H,9-12H2,(H,20,25)(H2,21,22,23,26). The largest absolute Gasteiger partial charge is 0.354 e. The number of nitrogens with one attached hydrogen (secondary N) is 3. The summed E-state index contributed by atoms with van der Waals surface area (Å²) < 4.78 is 0. The highest BCUT2D eigenvalue weighted by molar-refractivity contribution is 6.03. The van der Waals surface area contributed by atoms with Gasteiger partial charge in [-0.15, -0.1) is 0 Å². The van der Waals surface area contributed by atoms with Gasteiger partial charge in [-0.1, -0.05) is 24.3 Å². The molecule has 4 rings (SSSR count). The Morgan fingerprint density at radius 1 is 1.15 bits per heavy atom. The van der Waals surface area contributed by atoms with Gasteiger partial charge in [0.05, 0.1) is 17.6 Å². The zero-order valence-corrected chi connectivity index (χ0v) is 14.2. The van der Waals surface area contributed by atoms with Crippen LogP contribution in [0.1, 0.15) is 15.9 Å². The highest BCUT2D eigenvalue weighted by Crippen LogP contribution is 2.15. The van der Waals surface area contributed by atoms with Gasteiger partial charge in [0.15, 0.2) is 0 Å². The van der Waals surface area contributed by atoms with Crippen LogP contribution in [0.3, 0.4) is 0 Å². The number of hydrogen-bond donors (Lipinski definition) is 3. The molecular formula is C19H19N5O2. The average molecular weight is 349 g/mol. The summed E-state index contributed by atoms with van der Waals surface area (Å²) in [6, 6.07) is 15.0. The Balaban J connectivity index is 1.41. The molecular weight excluding hydrogens is 330 g/mol. The molecule has 132 valence electrons. The van der Waals surface area contributed by atoms with Gasteiger partial charge in [0, 0.05) is 25.2 Å². The van der Waals surface area contributed by atoms with Crippen molar-refractivity contribution >= 4 is 28.8 Å². The number of amides is 2. The maximum absolute atomic E-state index is 12.4. The van der Waals surface area contributed by atoms with Crippen molar-refractivity contribution in [3.63, 3.8) is 0 Å². The number of imidazole rings is 1. The summed E-state index contributed by atoms with van der Waals surface area (Å²) in [6.07, 6.45) is 0. The molecule has 7 heteroatoms. The van der Waals surface area contributed by atoms with Gasteiger partial charge in [-0.2, -0.15) is 0 Å². The number of carbonyl (C=O) groups is 2. The van der Waals surface area contributed by atoms with Gasteiger partial charge in [-0.25, -0.2) is 4.98 Å². The summed E-state index contributed by atoms with van der Waals surface area (Å²) in [5, 5.41) is 5.60. The zero-order chi connectivity index (χ0) is 17.9. The second-order valence-corrected chi connectivity index (χ2v) is 6.31. The monoisotopic (exact) mass is 349 g/mol. The first kappa shape index (κ1) is 16.3. The molecule has 7 nitrogen and oxygen atoms in total. The van der Waals surface area contributed by atoms with Crippen molar-refractivity contribution in [1.29, 1.82) is 0 Å². The lowest BCUT2D eigenvalue weighted by Crippen LogP contribution is -2.47. The fourth-order valence-corrected chi connectivity index (χ4v) is 3.04. The third-order valence-corrected chi connectivity index (χ3v) is 4.36. The summed E-state index contributed by atoms with van der Waals surface area (Å²) in [5.74, 6) is 0.269. The first-order valence-electron chi connectivity index (χ1n) is 8.51. The second kappa shape index (κ2) is 6.97. The van der Waals surface area contributed by atoms with Crippen LogP contribution in [-0.4, -0.2) is 46.3 Å². The topological polar surface area (TPSA) is 90.1 Å². The predicted molar refractivity (Wildman–Crippen MR) is 98.8 cm³/mol. The Hall–Kier alpha value is -3.19. The van der Waals surface area contributed by atoms with E-state index in [1.165, 1.54) is 0 Å². The van der Waals surface area contributed by atoms with Crippen molar-refractivity contribution in [2.45, 2.75) is 6.54 Å². The molecule has 3 N–H and O–H groups in total. The molecule has 1 aromatic heterocycles. The molecule has 1 saturated heterocycles. The minimum absolute atomic E-state index is 0.0538. The molecule has 1 aliphatic heterocycles. The Morgan fingerprint density at radius 2 is 1.96 bits per heavy atom. The Kier molecular flexibility index (Phi) is 4.37. The van der Waals surface area contributed by atoms with Crippen LogP contribution in [-0.2, 0) is 11.3 Å². The number of piperazine rings is 1. The van der Waals surface area contributed by atoms with Crippen LogP contribution >= 0.6 is 0 Å². The first-order chi connectivity index (χ1) is 12.7. The minimum atomic E-state index is -0.215. The normalized spacial score (nSPS) is 15.0. The van der Waals surface area contributed by atoms with Crippen molar-refractivity contribution in [1.82, 2.24) is 20.2 Å². The van der Waals surface area contributed by atoms with E-state index in [9.17, 15) is 9.59 Å². The number of H-pyrrole nitrogens is 1. The van der Waals surface area contributed by atoms with E-state index in [1.54, 1.807) is 12.1 Å². The smallest absolute Gasteiger partial charge is 0.257 e. The molecule has 0 atom stereocenters. The number of carbonyl (C=O) groups excluding carboxylic acids is 2. The lowest BCUT2D eigenvalue weighted by atomic mass is 10.1. The third kappa shape index (κ3) is 3.57. The van der Waals surface area contributed by atoms with Crippen LogP contribution in [0, 0.1) is 0 Å². The van der Waals surface area contributed by atoms with Gasteiger partial charge in [-0.05, 0) is 29.8 Å². The lowest BCUT2D eigenvalue weighted by Gasteiger charge is -2.26. The number of hydrogen-bond acceptors (Lipinski definition) is 4. The number of aromatic nitrogens is 2. The lowest BCUT2D eigenvalue weighted by molar-refractivity contribution is -0.124. The highest BCUT2D eigenvalue weighted by atomic mass is 16.2. The van der Waals surface area contributed by atoms with Crippen LogP contribution in [0.2, 0.25) is 0 Å². The molecule has 2 aromatic carbocycles. The molecule has 0 bridgehead atoms. The first-order valence-corrected chi connectivity index (χ1v) is 8.51. The van der Waals surface area contributed by atoms with Crippen LogP contribution in [0.4, 0.5) is 5.95 Å². The summed E-state index contributed by atoms with van der Waals surface area (Å²) in [4.78, 5) is 33.3. The van der Waals surface area contributed by atoms with Gasteiger partial charge in [0.25, 0.3) is 5.91 Å². The molecule has 26 heavy (non-hydrogen) atoms. The van der Waals surface area contributed by atoms with Gasteiger partial charge < -0.3 is 10.3 Å². The van der Waals surface area contributed by atoms with Crippen LogP contribution in [0.25, 0.3) is 11.0 Å². The molecule has 3 aromatic rings. The maximum atomic E-state index is 12.4. The van der Waals surface area contributed by atoms with E-state index < -0.39 is 0 Å². The van der Waals surface area contributed by atoms with Crippen molar-refractivity contribution < 1.29 is 9.59 Å². The van der Waals surface area contributed by atoms with E-state index in [1.807, 2.05) is 36.4 Å². The van der Waals surface area contributed by atoms with E-state index in [0.29, 0.717) is 31.1 Å². The Morgan fingerprint density at radius 3 is 2.73 bits per heavy atom. The molecule has 2 heterocycles. The Bertz CT molecular complexity index is 915. The molecule has 0 unspecified atom stereocenters. The van der Waals surface area contributed by atoms with Gasteiger partial charge in [0.2, 0.25) is 11.9 Å². The van der Waals surface area contributed by atoms with Gasteiger partial charge in [-0.3, -0.25) is 19.8 Å². The number of benzene rings is 2. The molecule has 0 radical (unpaired) electrons. The number of para-hydroxylation sites is 2. The predicted octanol–water partition coefficient (Wildman–Crippen LogP) is 1.75. The Labute approximate surface area is 150 Å². The summed E-state index contributed by atoms with van der Waals surface area (Å²) >= 11 is 0. The quantitative estimate of drug-likeness (QED) is 0.669. The minimum Gasteiger partial charge on any atom is -0.354 e. The molecule has 0 spiro atoms. The van der Waals surface area contributed by atoms with Crippen molar-refractivity contribution in [3.05, 3.63) is 59.7 Å². The SMILES string of the molecule is O=C1CN(Cc2ccc(C(=O)Nc3nc4ccccc4[nH]3)cc2)CCN1. The van der Waals surface area contributed by atoms with E-state index in [2.05, 4.69) is 25.5 Å². The van der Waals surface area contributed by atoms with Gasteiger partial charge in [0.1, 0.15) is 0 Å². The number of rotatable bonds is 4. The van der Waals surface area contributed by atoms with Gasteiger partial charge >= 0.3 is 0 Å². The van der Waals surface area contributed by atoms with Crippen molar-refractivity contribution in [3.8, 4) is 0 Å².